The molecule has 4 nitrogen and oxygen atoms in total. The van der Waals surface area contributed by atoms with Crippen molar-refractivity contribution in [2.75, 3.05) is 26.2 Å². The van der Waals surface area contributed by atoms with E-state index in [1.165, 1.54) is 0 Å². The van der Waals surface area contributed by atoms with Crippen LogP contribution in [0, 0.1) is 0 Å². The molecule has 0 bridgehead atoms. The van der Waals surface area contributed by atoms with E-state index in [2.05, 4.69) is 26.1 Å². The van der Waals surface area contributed by atoms with Crippen LogP contribution in [0.4, 0.5) is 0 Å². The van der Waals surface area contributed by atoms with E-state index in [4.69, 9.17) is 0 Å². The first-order valence-electron chi connectivity index (χ1n) is 7.13. The van der Waals surface area contributed by atoms with Crippen molar-refractivity contribution in [3.63, 3.8) is 0 Å². The van der Waals surface area contributed by atoms with E-state index in [-0.39, 0.29) is 5.41 Å². The molecule has 2 rings (SSSR count). The number of hydrogen-bond acceptors (Lipinski definition) is 3. The second-order valence-electron chi connectivity index (χ2n) is 6.28. The third kappa shape index (κ3) is 3.40. The second kappa shape index (κ2) is 5.84. The quantitative estimate of drug-likeness (QED) is 0.908. The Morgan fingerprint density at radius 3 is 2.30 bits per heavy atom. The summed E-state index contributed by atoms with van der Waals surface area (Å²) in [5.74, 6) is 0. The molecule has 1 heterocycles. The number of rotatable bonds is 2. The van der Waals surface area contributed by atoms with Crippen LogP contribution in [0.25, 0.3) is 0 Å². The van der Waals surface area contributed by atoms with Gasteiger partial charge in [-0.2, -0.15) is 4.31 Å². The maximum atomic E-state index is 12.6. The third-order valence-corrected chi connectivity index (χ3v) is 5.57. The molecule has 20 heavy (non-hydrogen) atoms. The summed E-state index contributed by atoms with van der Waals surface area (Å²) in [5.41, 5.74) is 1.18. The van der Waals surface area contributed by atoms with E-state index in [1.54, 1.807) is 16.4 Å². The van der Waals surface area contributed by atoms with Gasteiger partial charge in [0.2, 0.25) is 10.0 Å². The SMILES string of the molecule is CC(C)(C)c1ccc(S(=O)(=O)N2CCCNCC2)cc1. The topological polar surface area (TPSA) is 49.4 Å². The van der Waals surface area contributed by atoms with Crippen LogP contribution in [0.2, 0.25) is 0 Å². The van der Waals surface area contributed by atoms with Crippen LogP contribution in [0.15, 0.2) is 29.2 Å². The Morgan fingerprint density at radius 1 is 1.05 bits per heavy atom. The molecule has 5 heteroatoms. The zero-order chi connectivity index (χ0) is 14.8. The van der Waals surface area contributed by atoms with Gasteiger partial charge in [-0.15, -0.1) is 0 Å². The summed E-state index contributed by atoms with van der Waals surface area (Å²) in [4.78, 5) is 0.396. The Hall–Kier alpha value is -0.910. The van der Waals surface area contributed by atoms with Gasteiger partial charge in [-0.3, -0.25) is 0 Å². The van der Waals surface area contributed by atoms with Crippen LogP contribution in [-0.4, -0.2) is 38.9 Å². The van der Waals surface area contributed by atoms with E-state index in [0.717, 1.165) is 25.1 Å². The predicted octanol–water partition coefficient (Wildman–Crippen LogP) is 1.97. The van der Waals surface area contributed by atoms with E-state index in [0.29, 0.717) is 18.0 Å². The molecule has 0 spiro atoms. The van der Waals surface area contributed by atoms with Crippen LogP contribution in [0.1, 0.15) is 32.8 Å². The molecule has 1 aliphatic heterocycles. The van der Waals surface area contributed by atoms with Crippen LogP contribution in [0.3, 0.4) is 0 Å². The highest BCUT2D eigenvalue weighted by molar-refractivity contribution is 7.89. The Balaban J connectivity index is 2.25. The molecular formula is C15H24N2O2S. The Bertz CT molecular complexity index is 536. The highest BCUT2D eigenvalue weighted by atomic mass is 32.2. The van der Waals surface area contributed by atoms with Gasteiger partial charge in [0.15, 0.2) is 0 Å². The minimum absolute atomic E-state index is 0.0365. The van der Waals surface area contributed by atoms with E-state index < -0.39 is 10.0 Å². The van der Waals surface area contributed by atoms with E-state index >= 15 is 0 Å². The molecule has 112 valence electrons. The summed E-state index contributed by atoms with van der Waals surface area (Å²) in [7, 11) is -3.35. The Labute approximate surface area is 122 Å². The van der Waals surface area contributed by atoms with Crippen molar-refractivity contribution in [1.29, 1.82) is 0 Å². The van der Waals surface area contributed by atoms with Crippen molar-refractivity contribution in [2.45, 2.75) is 37.5 Å². The first-order valence-corrected chi connectivity index (χ1v) is 8.57. The van der Waals surface area contributed by atoms with Crippen molar-refractivity contribution < 1.29 is 8.42 Å². The number of benzene rings is 1. The second-order valence-corrected chi connectivity index (χ2v) is 8.22. The smallest absolute Gasteiger partial charge is 0.243 e. The molecule has 1 aliphatic rings. The predicted molar refractivity (Wildman–Crippen MR) is 81.4 cm³/mol. The van der Waals surface area contributed by atoms with Crippen molar-refractivity contribution in [3.8, 4) is 0 Å². The fourth-order valence-corrected chi connectivity index (χ4v) is 3.82. The highest BCUT2D eigenvalue weighted by Gasteiger charge is 2.25. The fourth-order valence-electron chi connectivity index (χ4n) is 2.34. The van der Waals surface area contributed by atoms with Crippen molar-refractivity contribution in [3.05, 3.63) is 29.8 Å². The number of hydrogen-bond donors (Lipinski definition) is 1. The van der Waals surface area contributed by atoms with Crippen molar-refractivity contribution in [1.82, 2.24) is 9.62 Å². The van der Waals surface area contributed by atoms with Gasteiger partial charge in [-0.1, -0.05) is 32.9 Å². The highest BCUT2D eigenvalue weighted by Crippen LogP contribution is 2.24. The number of nitrogens with one attached hydrogen (secondary N) is 1. The number of sulfonamides is 1. The summed E-state index contributed by atoms with van der Waals surface area (Å²) < 4.78 is 26.8. The molecular weight excluding hydrogens is 272 g/mol. The van der Waals surface area contributed by atoms with Gasteiger partial charge < -0.3 is 5.32 Å². The van der Waals surface area contributed by atoms with Gasteiger partial charge in [-0.25, -0.2) is 8.42 Å². The minimum Gasteiger partial charge on any atom is -0.315 e. The summed E-state index contributed by atoms with van der Waals surface area (Å²) in [6.07, 6.45) is 0.860. The maximum Gasteiger partial charge on any atom is 0.243 e. The van der Waals surface area contributed by atoms with Crippen LogP contribution >= 0.6 is 0 Å². The standard InChI is InChI=1S/C15H24N2O2S/c1-15(2,3)13-5-7-14(8-6-13)20(18,19)17-11-4-9-16-10-12-17/h5-8,16H,4,9-12H2,1-3H3. The van der Waals surface area contributed by atoms with Gasteiger partial charge in [0.1, 0.15) is 0 Å². The van der Waals surface area contributed by atoms with Gasteiger partial charge >= 0.3 is 0 Å². The molecule has 0 saturated carbocycles. The Kier molecular flexibility index (Phi) is 4.52. The Morgan fingerprint density at radius 2 is 1.70 bits per heavy atom. The zero-order valence-corrected chi connectivity index (χ0v) is 13.3. The normalized spacial score (nSPS) is 18.8. The largest absolute Gasteiger partial charge is 0.315 e. The molecule has 0 aliphatic carbocycles. The number of nitrogens with zero attached hydrogens (tertiary/aromatic N) is 1. The van der Waals surface area contributed by atoms with Gasteiger partial charge in [-0.05, 0) is 36.1 Å². The van der Waals surface area contributed by atoms with E-state index in [1.807, 2.05) is 12.1 Å². The first kappa shape index (κ1) is 15.5. The summed E-state index contributed by atoms with van der Waals surface area (Å²) >= 11 is 0. The molecule has 1 aromatic carbocycles. The monoisotopic (exact) mass is 296 g/mol. The lowest BCUT2D eigenvalue weighted by Crippen LogP contribution is -2.34. The lowest BCUT2D eigenvalue weighted by molar-refractivity contribution is 0.432. The lowest BCUT2D eigenvalue weighted by Gasteiger charge is -2.22. The fraction of sp³-hybridized carbons (Fsp3) is 0.600. The van der Waals surface area contributed by atoms with Crippen LogP contribution in [-0.2, 0) is 15.4 Å². The van der Waals surface area contributed by atoms with Crippen LogP contribution < -0.4 is 5.32 Å². The minimum atomic E-state index is -3.35. The summed E-state index contributed by atoms with van der Waals surface area (Å²) in [6.45, 7) is 9.11. The molecule has 1 fully saturated rings. The molecule has 1 N–H and O–H groups in total. The molecule has 0 amide bonds. The average Bonchev–Trinajstić information content (AvgIpc) is 2.67. The first-order chi connectivity index (χ1) is 9.32. The van der Waals surface area contributed by atoms with Crippen molar-refractivity contribution >= 4 is 10.0 Å². The van der Waals surface area contributed by atoms with Gasteiger partial charge in [0.05, 0.1) is 4.90 Å². The van der Waals surface area contributed by atoms with Crippen LogP contribution in [0.5, 0.6) is 0 Å². The molecule has 1 aromatic rings. The molecule has 1 saturated heterocycles. The lowest BCUT2D eigenvalue weighted by atomic mass is 9.87. The molecule has 0 atom stereocenters. The van der Waals surface area contributed by atoms with Crippen molar-refractivity contribution in [2.24, 2.45) is 0 Å². The molecule has 0 unspecified atom stereocenters. The maximum absolute atomic E-state index is 12.6. The molecule has 0 aromatic heterocycles. The van der Waals surface area contributed by atoms with Gasteiger partial charge in [0.25, 0.3) is 0 Å². The average molecular weight is 296 g/mol. The zero-order valence-electron chi connectivity index (χ0n) is 12.5. The molecule has 0 radical (unpaired) electrons. The van der Waals surface area contributed by atoms with Gasteiger partial charge in [0, 0.05) is 19.6 Å². The summed E-state index contributed by atoms with van der Waals surface area (Å²) in [5, 5.41) is 3.22. The summed E-state index contributed by atoms with van der Waals surface area (Å²) in [6, 6.07) is 7.30. The van der Waals surface area contributed by atoms with E-state index in [9.17, 15) is 8.42 Å². The third-order valence-electron chi connectivity index (χ3n) is 3.66.